The monoisotopic (exact) mass is 286 g/mol. The lowest BCUT2D eigenvalue weighted by Gasteiger charge is -2.29. The third-order valence-electron chi connectivity index (χ3n) is 4.03. The Morgan fingerprint density at radius 3 is 1.63 bits per heavy atom. The van der Waals surface area contributed by atoms with Gasteiger partial charge in [-0.3, -0.25) is 4.57 Å². The van der Waals surface area contributed by atoms with E-state index in [9.17, 15) is 4.57 Å². The van der Waals surface area contributed by atoms with Crippen molar-refractivity contribution in [3.63, 3.8) is 0 Å². The van der Waals surface area contributed by atoms with Crippen LogP contribution >= 0.6 is 7.60 Å². The summed E-state index contributed by atoms with van der Waals surface area (Å²) in [6.45, 7) is 1.88. The summed E-state index contributed by atoms with van der Waals surface area (Å²) in [5.74, 6) is 1.65. The molecule has 0 heterocycles. The van der Waals surface area contributed by atoms with Gasteiger partial charge in [0.25, 0.3) is 0 Å². The van der Waals surface area contributed by atoms with Crippen LogP contribution in [0.25, 0.3) is 0 Å². The molecule has 2 aliphatic carbocycles. The molecule has 0 unspecified atom stereocenters. The van der Waals surface area contributed by atoms with E-state index in [1.165, 1.54) is 38.5 Å². The topological polar surface area (TPSA) is 35.5 Å². The van der Waals surface area contributed by atoms with Crippen molar-refractivity contribution < 1.29 is 13.6 Å². The second-order valence-electron chi connectivity index (χ2n) is 5.75. The van der Waals surface area contributed by atoms with Crippen molar-refractivity contribution in [2.24, 2.45) is 0 Å². The van der Waals surface area contributed by atoms with E-state index in [2.05, 4.69) is 0 Å². The maximum Gasteiger partial charge on any atom is 0.354 e. The van der Waals surface area contributed by atoms with Gasteiger partial charge < -0.3 is 9.05 Å². The van der Waals surface area contributed by atoms with Gasteiger partial charge in [0.2, 0.25) is 0 Å². The van der Waals surface area contributed by atoms with E-state index in [-0.39, 0.29) is 12.2 Å². The standard InChI is InChI=1S/C15H27O3P/c1-2-13-19(16,17-14-9-5-3-6-10-14)18-15-11-7-4-8-12-15/h2,13-15H,3-12H2,1H3. The molecule has 0 N–H and O–H groups in total. The maximum absolute atomic E-state index is 12.8. The molecular formula is C15H27O3P. The molecular weight excluding hydrogens is 259 g/mol. The third kappa shape index (κ3) is 5.06. The first-order chi connectivity index (χ1) is 9.22. The Hall–Kier alpha value is -0.110. The van der Waals surface area contributed by atoms with Crippen LogP contribution in [0.5, 0.6) is 0 Å². The van der Waals surface area contributed by atoms with Crippen LogP contribution in [0.3, 0.4) is 0 Å². The molecule has 0 aromatic carbocycles. The lowest BCUT2D eigenvalue weighted by atomic mass is 9.98. The Balaban J connectivity index is 1.93. The average molecular weight is 286 g/mol. The van der Waals surface area contributed by atoms with E-state index in [1.54, 1.807) is 11.9 Å². The van der Waals surface area contributed by atoms with Crippen molar-refractivity contribution in [1.82, 2.24) is 0 Å². The van der Waals surface area contributed by atoms with Crippen molar-refractivity contribution in [1.29, 1.82) is 0 Å². The zero-order chi connectivity index (χ0) is 13.6. The van der Waals surface area contributed by atoms with Gasteiger partial charge in [-0.05, 0) is 32.6 Å². The second-order valence-corrected chi connectivity index (χ2v) is 7.55. The molecule has 2 rings (SSSR count). The van der Waals surface area contributed by atoms with E-state index in [4.69, 9.17) is 9.05 Å². The summed E-state index contributed by atoms with van der Waals surface area (Å²) < 4.78 is 24.6. The van der Waals surface area contributed by atoms with Crippen LogP contribution in [0, 0.1) is 0 Å². The summed E-state index contributed by atoms with van der Waals surface area (Å²) in [6.07, 6.45) is 13.4. The van der Waals surface area contributed by atoms with E-state index in [1.807, 2.05) is 6.92 Å². The van der Waals surface area contributed by atoms with Crippen molar-refractivity contribution in [2.45, 2.75) is 83.3 Å². The second kappa shape index (κ2) is 7.61. The van der Waals surface area contributed by atoms with E-state index < -0.39 is 7.60 Å². The highest BCUT2D eigenvalue weighted by atomic mass is 31.2. The molecule has 0 aromatic heterocycles. The van der Waals surface area contributed by atoms with Crippen LogP contribution < -0.4 is 0 Å². The molecule has 0 aliphatic heterocycles. The predicted octanol–water partition coefficient (Wildman–Crippen LogP) is 5.41. The molecule has 0 bridgehead atoms. The summed E-state index contributed by atoms with van der Waals surface area (Å²) in [7, 11) is -3.04. The molecule has 2 saturated carbocycles. The molecule has 0 amide bonds. The zero-order valence-electron chi connectivity index (χ0n) is 12.1. The minimum atomic E-state index is -3.04. The van der Waals surface area contributed by atoms with E-state index >= 15 is 0 Å². The molecule has 0 atom stereocenters. The maximum atomic E-state index is 12.8. The van der Waals surface area contributed by atoms with Crippen LogP contribution in [0.4, 0.5) is 0 Å². The molecule has 0 saturated heterocycles. The van der Waals surface area contributed by atoms with Crippen LogP contribution in [0.15, 0.2) is 11.9 Å². The van der Waals surface area contributed by atoms with Gasteiger partial charge in [-0.25, -0.2) is 0 Å². The highest BCUT2D eigenvalue weighted by Gasteiger charge is 2.30. The molecule has 4 heteroatoms. The Morgan fingerprint density at radius 1 is 0.842 bits per heavy atom. The Morgan fingerprint density at radius 2 is 1.26 bits per heavy atom. The molecule has 3 nitrogen and oxygen atoms in total. The Labute approximate surface area is 117 Å². The molecule has 0 spiro atoms. The number of allylic oxidation sites excluding steroid dienone is 1. The zero-order valence-corrected chi connectivity index (χ0v) is 12.9. The summed E-state index contributed by atoms with van der Waals surface area (Å²) in [5.41, 5.74) is 0. The van der Waals surface area contributed by atoms with Crippen LogP contribution in [0.2, 0.25) is 0 Å². The fourth-order valence-electron chi connectivity index (χ4n) is 3.03. The smallest absolute Gasteiger partial charge is 0.302 e. The first kappa shape index (κ1) is 15.3. The summed E-state index contributed by atoms with van der Waals surface area (Å²) >= 11 is 0. The molecule has 110 valence electrons. The summed E-state index contributed by atoms with van der Waals surface area (Å²) in [5, 5.41) is 0. The van der Waals surface area contributed by atoms with Crippen LogP contribution in [-0.2, 0) is 13.6 Å². The highest BCUT2D eigenvalue weighted by Crippen LogP contribution is 2.54. The Bertz CT molecular complexity index is 304. The fourth-order valence-corrected chi connectivity index (χ4v) is 4.84. The van der Waals surface area contributed by atoms with Crippen molar-refractivity contribution in [2.75, 3.05) is 0 Å². The number of hydrogen-bond acceptors (Lipinski definition) is 3. The normalized spacial score (nSPS) is 24.1. The largest absolute Gasteiger partial charge is 0.354 e. The van der Waals surface area contributed by atoms with Crippen molar-refractivity contribution in [3.8, 4) is 0 Å². The quantitative estimate of drug-likeness (QED) is 0.634. The van der Waals surface area contributed by atoms with Gasteiger partial charge in [0.05, 0.1) is 12.2 Å². The van der Waals surface area contributed by atoms with Crippen LogP contribution in [0.1, 0.15) is 71.1 Å². The summed E-state index contributed by atoms with van der Waals surface area (Å²) in [4.78, 5) is 0. The Kier molecular flexibility index (Phi) is 6.12. The van der Waals surface area contributed by atoms with Gasteiger partial charge >= 0.3 is 7.60 Å². The van der Waals surface area contributed by atoms with Gasteiger partial charge in [0.1, 0.15) is 0 Å². The molecule has 19 heavy (non-hydrogen) atoms. The lowest BCUT2D eigenvalue weighted by Crippen LogP contribution is -2.19. The first-order valence-corrected chi connectivity index (χ1v) is 9.43. The van der Waals surface area contributed by atoms with E-state index in [0.717, 1.165) is 25.7 Å². The third-order valence-corrected chi connectivity index (χ3v) is 5.88. The highest BCUT2D eigenvalue weighted by molar-refractivity contribution is 7.57. The SMILES string of the molecule is CC=CP(=O)(OC1CCCCC1)OC1CCCCC1. The van der Waals surface area contributed by atoms with Gasteiger partial charge in [-0.2, -0.15) is 0 Å². The van der Waals surface area contributed by atoms with E-state index in [0.29, 0.717) is 0 Å². The minimum Gasteiger partial charge on any atom is -0.302 e. The first-order valence-electron chi connectivity index (χ1n) is 7.82. The van der Waals surface area contributed by atoms with Crippen molar-refractivity contribution >= 4 is 7.60 Å². The van der Waals surface area contributed by atoms with Gasteiger partial charge in [0.15, 0.2) is 0 Å². The fraction of sp³-hybridized carbons (Fsp3) is 0.867. The number of hydrogen-bond donors (Lipinski definition) is 0. The molecule has 2 fully saturated rings. The van der Waals surface area contributed by atoms with Gasteiger partial charge in [-0.1, -0.05) is 44.6 Å². The summed E-state index contributed by atoms with van der Waals surface area (Å²) in [6, 6.07) is 0. The average Bonchev–Trinajstić information content (AvgIpc) is 2.41. The minimum absolute atomic E-state index is 0.124. The van der Waals surface area contributed by atoms with Gasteiger partial charge in [-0.15, -0.1) is 0 Å². The van der Waals surface area contributed by atoms with Gasteiger partial charge in [0, 0.05) is 5.82 Å². The molecule has 0 radical (unpaired) electrons. The van der Waals surface area contributed by atoms with Crippen LogP contribution in [-0.4, -0.2) is 12.2 Å². The van der Waals surface area contributed by atoms with Crippen molar-refractivity contribution in [3.05, 3.63) is 11.9 Å². The number of rotatable bonds is 5. The lowest BCUT2D eigenvalue weighted by molar-refractivity contribution is 0.0839. The molecule has 0 aromatic rings. The molecule has 2 aliphatic rings. The predicted molar refractivity (Wildman–Crippen MR) is 78.3 cm³/mol.